The molecule has 5 rings (SSSR count). The van der Waals surface area contributed by atoms with Gasteiger partial charge >= 0.3 is 6.03 Å². The van der Waals surface area contributed by atoms with E-state index in [-0.39, 0.29) is 23.7 Å². The van der Waals surface area contributed by atoms with Crippen molar-refractivity contribution < 1.29 is 18.4 Å². The van der Waals surface area contributed by atoms with Gasteiger partial charge in [-0.1, -0.05) is 23.4 Å². The van der Waals surface area contributed by atoms with E-state index in [0.29, 0.717) is 31.8 Å². The van der Waals surface area contributed by atoms with E-state index in [2.05, 4.69) is 16.5 Å². The van der Waals surface area contributed by atoms with Crippen LogP contribution in [0.5, 0.6) is 5.75 Å². The zero-order valence-electron chi connectivity index (χ0n) is 15.9. The van der Waals surface area contributed by atoms with Crippen LogP contribution in [0, 0.1) is 5.82 Å². The van der Waals surface area contributed by atoms with E-state index in [1.165, 1.54) is 12.1 Å². The van der Waals surface area contributed by atoms with Crippen LogP contribution in [-0.4, -0.2) is 42.3 Å². The number of rotatable bonds is 3. The Kier molecular flexibility index (Phi) is 4.58. The Morgan fingerprint density at radius 1 is 1.21 bits per heavy atom. The van der Waals surface area contributed by atoms with Crippen LogP contribution >= 0.6 is 0 Å². The fourth-order valence-electron chi connectivity index (χ4n) is 4.30. The molecule has 0 radical (unpaired) electrons. The summed E-state index contributed by atoms with van der Waals surface area (Å²) in [6.07, 6.45) is 1.61. The van der Waals surface area contributed by atoms with Gasteiger partial charge in [0.2, 0.25) is 0 Å². The number of amides is 2. The van der Waals surface area contributed by atoms with Gasteiger partial charge in [0.1, 0.15) is 11.6 Å². The number of carbonyl (C=O) groups is 1. The molecule has 3 heterocycles. The van der Waals surface area contributed by atoms with Gasteiger partial charge in [0.05, 0.1) is 12.3 Å². The molecular weight excluding hydrogens is 373 g/mol. The molecule has 0 bridgehead atoms. The highest BCUT2D eigenvalue weighted by molar-refractivity contribution is 5.80. The van der Waals surface area contributed by atoms with E-state index in [0.717, 1.165) is 35.2 Å². The number of carbonyl (C=O) groups excluding carboxylic acids is 1. The average Bonchev–Trinajstić information content (AvgIpc) is 3.36. The van der Waals surface area contributed by atoms with Crippen LogP contribution in [0.3, 0.4) is 0 Å². The Hall–Kier alpha value is -3.09. The summed E-state index contributed by atoms with van der Waals surface area (Å²) in [5, 5.41) is 8.07. The van der Waals surface area contributed by atoms with Crippen molar-refractivity contribution in [2.75, 3.05) is 26.2 Å². The van der Waals surface area contributed by atoms with Crippen molar-refractivity contribution in [3.63, 3.8) is 0 Å². The smallest absolute Gasteiger partial charge is 0.317 e. The number of para-hydroxylation sites is 1. The molecule has 6 nitrogen and oxygen atoms in total. The van der Waals surface area contributed by atoms with Crippen molar-refractivity contribution in [3.05, 3.63) is 59.5 Å². The van der Waals surface area contributed by atoms with Crippen molar-refractivity contribution >= 4 is 17.0 Å². The summed E-state index contributed by atoms with van der Waals surface area (Å²) in [6.45, 7) is 2.48. The number of nitrogens with zero attached hydrogens (tertiary/aromatic N) is 2. The first kappa shape index (κ1) is 18.0. The van der Waals surface area contributed by atoms with Gasteiger partial charge in [-0.15, -0.1) is 0 Å². The number of ether oxygens (including phenoxy) is 1. The van der Waals surface area contributed by atoms with Gasteiger partial charge in [-0.05, 0) is 31.0 Å². The molecule has 1 aromatic heterocycles. The topological polar surface area (TPSA) is 67.6 Å². The van der Waals surface area contributed by atoms with E-state index >= 15 is 0 Å². The van der Waals surface area contributed by atoms with Gasteiger partial charge < -0.3 is 19.5 Å². The van der Waals surface area contributed by atoms with E-state index in [1.54, 1.807) is 6.07 Å². The summed E-state index contributed by atoms with van der Waals surface area (Å²) in [5.41, 5.74) is 2.49. The molecule has 29 heavy (non-hydrogen) atoms. The van der Waals surface area contributed by atoms with Crippen LogP contribution in [0.15, 0.2) is 47.0 Å². The number of hydrogen-bond acceptors (Lipinski definition) is 4. The lowest BCUT2D eigenvalue weighted by atomic mass is 9.92. The monoisotopic (exact) mass is 395 g/mol. The number of likely N-dealkylation sites (tertiary alicyclic amines) is 1. The third-order valence-electron chi connectivity index (χ3n) is 5.93. The molecule has 1 N–H and O–H groups in total. The van der Waals surface area contributed by atoms with E-state index < -0.39 is 0 Å². The van der Waals surface area contributed by atoms with E-state index in [4.69, 9.17) is 9.26 Å². The molecule has 1 saturated heterocycles. The third kappa shape index (κ3) is 3.41. The van der Waals surface area contributed by atoms with Gasteiger partial charge in [-0.25, -0.2) is 9.18 Å². The highest BCUT2D eigenvalue weighted by Gasteiger charge is 2.29. The summed E-state index contributed by atoms with van der Waals surface area (Å²) in [4.78, 5) is 14.5. The SMILES string of the molecule is O=C(NCC1COc2ccccc21)N1CCC(c2noc3cc(F)ccc23)CC1. The van der Waals surface area contributed by atoms with Crippen molar-refractivity contribution in [1.29, 1.82) is 0 Å². The zero-order valence-corrected chi connectivity index (χ0v) is 15.9. The zero-order chi connectivity index (χ0) is 19.8. The maximum Gasteiger partial charge on any atom is 0.317 e. The van der Waals surface area contributed by atoms with E-state index in [1.807, 2.05) is 23.1 Å². The maximum atomic E-state index is 13.3. The molecule has 2 aliphatic rings. The molecule has 1 fully saturated rings. The Balaban J connectivity index is 1.17. The molecule has 1 unspecified atom stereocenters. The van der Waals surface area contributed by atoms with Crippen molar-refractivity contribution in [2.45, 2.75) is 24.7 Å². The first-order valence-electron chi connectivity index (χ1n) is 9.98. The largest absolute Gasteiger partial charge is 0.493 e. The molecule has 2 aromatic carbocycles. The summed E-state index contributed by atoms with van der Waals surface area (Å²) in [7, 11) is 0. The number of urea groups is 1. The van der Waals surface area contributed by atoms with Crippen LogP contribution in [0.4, 0.5) is 9.18 Å². The number of halogens is 1. The molecule has 150 valence electrons. The highest BCUT2D eigenvalue weighted by atomic mass is 19.1. The maximum absolute atomic E-state index is 13.3. The summed E-state index contributed by atoms with van der Waals surface area (Å²) >= 11 is 0. The molecule has 0 spiro atoms. The standard InChI is InChI=1S/C22H22FN3O3/c23-16-5-6-18-20(11-16)29-25-21(18)14-7-9-26(10-8-14)22(27)24-12-15-13-28-19-4-2-1-3-17(15)19/h1-6,11,14-15H,7-10,12-13H2,(H,24,27). The molecule has 1 atom stereocenters. The molecule has 2 amide bonds. The Bertz CT molecular complexity index is 1040. The Morgan fingerprint density at radius 3 is 2.90 bits per heavy atom. The van der Waals surface area contributed by atoms with Gasteiger partial charge in [-0.3, -0.25) is 0 Å². The second kappa shape index (κ2) is 7.39. The molecular formula is C22H22FN3O3. The van der Waals surface area contributed by atoms with Crippen LogP contribution in [0.1, 0.15) is 35.9 Å². The summed E-state index contributed by atoms with van der Waals surface area (Å²) in [5.74, 6) is 0.977. The number of fused-ring (bicyclic) bond motifs is 2. The summed E-state index contributed by atoms with van der Waals surface area (Å²) < 4.78 is 24.3. The van der Waals surface area contributed by atoms with Crippen LogP contribution in [-0.2, 0) is 0 Å². The summed E-state index contributed by atoms with van der Waals surface area (Å²) in [6, 6.07) is 12.4. The molecule has 0 saturated carbocycles. The van der Waals surface area contributed by atoms with Crippen molar-refractivity contribution in [1.82, 2.24) is 15.4 Å². The average molecular weight is 395 g/mol. The van der Waals surface area contributed by atoms with Gasteiger partial charge in [-0.2, -0.15) is 0 Å². The van der Waals surface area contributed by atoms with Crippen LogP contribution < -0.4 is 10.1 Å². The van der Waals surface area contributed by atoms with Crippen molar-refractivity contribution in [2.24, 2.45) is 0 Å². The minimum atomic E-state index is -0.332. The van der Waals surface area contributed by atoms with Gasteiger partial charge in [0, 0.05) is 48.5 Å². The lowest BCUT2D eigenvalue weighted by Gasteiger charge is -2.31. The highest BCUT2D eigenvalue weighted by Crippen LogP contribution is 2.34. The quantitative estimate of drug-likeness (QED) is 0.727. The van der Waals surface area contributed by atoms with Crippen molar-refractivity contribution in [3.8, 4) is 5.75 Å². The second-order valence-electron chi connectivity index (χ2n) is 7.70. The molecule has 3 aromatic rings. The van der Waals surface area contributed by atoms with Gasteiger partial charge in [0.15, 0.2) is 5.58 Å². The van der Waals surface area contributed by atoms with E-state index in [9.17, 15) is 9.18 Å². The minimum absolute atomic E-state index is 0.0417. The second-order valence-corrected chi connectivity index (χ2v) is 7.70. The number of benzene rings is 2. The predicted molar refractivity (Wildman–Crippen MR) is 106 cm³/mol. The molecule has 7 heteroatoms. The normalized spacial score (nSPS) is 19.2. The number of hydrogen-bond donors (Lipinski definition) is 1. The first-order valence-corrected chi connectivity index (χ1v) is 9.98. The third-order valence-corrected chi connectivity index (χ3v) is 5.93. The minimum Gasteiger partial charge on any atom is -0.493 e. The molecule has 2 aliphatic heterocycles. The lowest BCUT2D eigenvalue weighted by Crippen LogP contribution is -2.45. The fraction of sp³-hybridized carbons (Fsp3) is 0.364. The van der Waals surface area contributed by atoms with Gasteiger partial charge in [0.25, 0.3) is 0 Å². The van der Waals surface area contributed by atoms with Crippen LogP contribution in [0.2, 0.25) is 0 Å². The lowest BCUT2D eigenvalue weighted by molar-refractivity contribution is 0.179. The number of nitrogens with one attached hydrogen (secondary N) is 1. The molecule has 0 aliphatic carbocycles. The number of aromatic nitrogens is 1. The number of piperidine rings is 1. The predicted octanol–water partition coefficient (Wildman–Crippen LogP) is 4.03. The first-order chi connectivity index (χ1) is 14.2. The Labute approximate surface area is 167 Å². The van der Waals surface area contributed by atoms with Crippen LogP contribution in [0.25, 0.3) is 11.0 Å². The Morgan fingerprint density at radius 2 is 2.03 bits per heavy atom. The fourth-order valence-corrected chi connectivity index (χ4v) is 4.30.